The number of ether oxygens (including phenoxy) is 1. The molecule has 308 valence electrons. The van der Waals surface area contributed by atoms with Crippen LogP contribution >= 0.6 is 0 Å². The highest BCUT2D eigenvalue weighted by molar-refractivity contribution is 5.77. The predicted molar refractivity (Wildman–Crippen MR) is 223 cm³/mol. The van der Waals surface area contributed by atoms with E-state index in [1.807, 2.05) is 0 Å². The Morgan fingerprint density at radius 3 is 1.40 bits per heavy atom. The topological polar surface area (TPSA) is 95.9 Å². The zero-order valence-electron chi connectivity index (χ0n) is 35.0. The number of allylic oxidation sites excluding steroid dienone is 2. The highest BCUT2D eigenvalue weighted by Gasteiger charge is 2.24. The summed E-state index contributed by atoms with van der Waals surface area (Å²) in [4.78, 5) is 25.9. The van der Waals surface area contributed by atoms with Crippen molar-refractivity contribution in [2.24, 2.45) is 0 Å². The highest BCUT2D eigenvalue weighted by atomic mass is 16.5. The molecular weight excluding hydrogens is 647 g/mol. The van der Waals surface area contributed by atoms with E-state index in [4.69, 9.17) is 4.74 Å². The largest absolute Gasteiger partial charge is 0.462 e. The van der Waals surface area contributed by atoms with Gasteiger partial charge in [0.15, 0.2) is 0 Å². The van der Waals surface area contributed by atoms with E-state index in [-0.39, 0.29) is 24.9 Å². The molecule has 0 heterocycles. The number of hydrogen-bond acceptors (Lipinski definition) is 5. The summed E-state index contributed by atoms with van der Waals surface area (Å²) in [5, 5.41) is 23.5. The Bertz CT molecular complexity index is 787. The molecule has 0 aromatic rings. The molecule has 3 atom stereocenters. The third-order valence-electron chi connectivity index (χ3n) is 10.6. The van der Waals surface area contributed by atoms with Crippen LogP contribution in [0.2, 0.25) is 0 Å². The van der Waals surface area contributed by atoms with Crippen molar-refractivity contribution < 1.29 is 24.5 Å². The normalized spacial score (nSPS) is 13.4. The van der Waals surface area contributed by atoms with Crippen molar-refractivity contribution in [1.29, 1.82) is 0 Å². The highest BCUT2D eigenvalue weighted by Crippen LogP contribution is 2.17. The molecule has 6 nitrogen and oxygen atoms in total. The molecule has 0 saturated heterocycles. The Labute approximate surface area is 323 Å². The predicted octanol–water partition coefficient (Wildman–Crippen LogP) is 13.0. The molecule has 0 rings (SSSR count). The van der Waals surface area contributed by atoms with Gasteiger partial charge in [-0.15, -0.1) is 0 Å². The average Bonchev–Trinajstić information content (AvgIpc) is 3.13. The number of aliphatic hydroxyl groups is 2. The van der Waals surface area contributed by atoms with Gasteiger partial charge in [-0.1, -0.05) is 193 Å². The van der Waals surface area contributed by atoms with E-state index in [0.717, 1.165) is 70.6 Å². The number of hydrogen-bond donors (Lipinski definition) is 3. The summed E-state index contributed by atoms with van der Waals surface area (Å²) in [5.74, 6) is -0.481. The van der Waals surface area contributed by atoms with Gasteiger partial charge in [0.05, 0.1) is 25.2 Å². The smallest absolute Gasteiger partial charge is 0.306 e. The van der Waals surface area contributed by atoms with Crippen LogP contribution in [0.25, 0.3) is 0 Å². The third-order valence-corrected chi connectivity index (χ3v) is 10.6. The lowest BCUT2D eigenvalue weighted by molar-refractivity contribution is -0.151. The molecule has 0 aromatic carbocycles. The maximum atomic E-state index is 13.1. The number of unbranched alkanes of at least 4 members (excludes halogenated alkanes) is 27. The Balaban J connectivity index is 4.53. The van der Waals surface area contributed by atoms with Crippen molar-refractivity contribution in [3.8, 4) is 0 Å². The number of carbonyl (C=O) groups is 2. The van der Waals surface area contributed by atoms with Crippen LogP contribution in [0, 0.1) is 0 Å². The first-order chi connectivity index (χ1) is 25.5. The Morgan fingerprint density at radius 2 is 0.923 bits per heavy atom. The van der Waals surface area contributed by atoms with Crippen molar-refractivity contribution in [3.05, 3.63) is 12.2 Å². The second kappa shape index (κ2) is 40.8. The maximum Gasteiger partial charge on any atom is 0.306 e. The minimum atomic E-state index is -0.783. The van der Waals surface area contributed by atoms with E-state index in [1.54, 1.807) is 0 Å². The van der Waals surface area contributed by atoms with E-state index in [0.29, 0.717) is 19.3 Å². The van der Waals surface area contributed by atoms with Crippen molar-refractivity contribution in [2.45, 2.75) is 264 Å². The molecule has 0 radical (unpaired) electrons. The molecule has 6 heteroatoms. The van der Waals surface area contributed by atoms with E-state index in [1.165, 1.54) is 128 Å². The summed E-state index contributed by atoms with van der Waals surface area (Å²) in [5.41, 5.74) is 0. The SMILES string of the molecule is CCCCC/C=C\CCCCCC(CC(=O)NC(CO)C(O)CCCCCCCCCCC)OC(=O)CCCCCCCCCCCCCCCC. The summed E-state index contributed by atoms with van der Waals surface area (Å²) in [6.07, 6.45) is 42.7. The van der Waals surface area contributed by atoms with Crippen LogP contribution in [0.3, 0.4) is 0 Å². The van der Waals surface area contributed by atoms with Crippen LogP contribution in [0.5, 0.6) is 0 Å². The number of carbonyl (C=O) groups excluding carboxylic acids is 2. The van der Waals surface area contributed by atoms with Crippen LogP contribution in [-0.4, -0.2) is 46.9 Å². The van der Waals surface area contributed by atoms with Crippen molar-refractivity contribution in [1.82, 2.24) is 5.32 Å². The summed E-state index contributed by atoms with van der Waals surface area (Å²) < 4.78 is 5.89. The Kier molecular flexibility index (Phi) is 39.7. The Hall–Kier alpha value is -1.40. The number of esters is 1. The van der Waals surface area contributed by atoms with Gasteiger partial charge in [0.1, 0.15) is 6.10 Å². The van der Waals surface area contributed by atoms with Gasteiger partial charge in [-0.3, -0.25) is 9.59 Å². The first kappa shape index (κ1) is 50.6. The van der Waals surface area contributed by atoms with Crippen LogP contribution < -0.4 is 5.32 Å². The van der Waals surface area contributed by atoms with Gasteiger partial charge in [0, 0.05) is 6.42 Å². The summed E-state index contributed by atoms with van der Waals surface area (Å²) >= 11 is 0. The standard InChI is InChI=1S/C46H89NO5/c1-4-7-10-13-16-19-21-22-23-24-27-30-33-36-39-46(51)52-42(37-34-31-28-26-20-17-14-11-8-5-2)40-45(50)47-43(41-48)44(49)38-35-32-29-25-18-15-12-9-6-3/h17,20,42-44,48-49H,4-16,18-19,21-41H2,1-3H3,(H,47,50)/b20-17-. The number of nitrogens with one attached hydrogen (secondary N) is 1. The molecule has 3 N–H and O–H groups in total. The van der Waals surface area contributed by atoms with Crippen LogP contribution in [-0.2, 0) is 14.3 Å². The molecular formula is C46H89NO5. The van der Waals surface area contributed by atoms with Gasteiger partial charge in [-0.25, -0.2) is 0 Å². The summed E-state index contributed by atoms with van der Waals surface area (Å²) in [6, 6.07) is -0.697. The molecule has 3 unspecified atom stereocenters. The minimum Gasteiger partial charge on any atom is -0.462 e. The molecule has 0 spiro atoms. The molecule has 0 fully saturated rings. The lowest BCUT2D eigenvalue weighted by Gasteiger charge is -2.24. The molecule has 0 saturated carbocycles. The van der Waals surface area contributed by atoms with E-state index >= 15 is 0 Å². The quantitative estimate of drug-likeness (QED) is 0.0330. The van der Waals surface area contributed by atoms with Crippen LogP contribution in [0.15, 0.2) is 12.2 Å². The van der Waals surface area contributed by atoms with Crippen molar-refractivity contribution in [3.63, 3.8) is 0 Å². The fourth-order valence-electron chi connectivity index (χ4n) is 7.07. The molecule has 0 aliphatic heterocycles. The van der Waals surface area contributed by atoms with Crippen molar-refractivity contribution in [2.75, 3.05) is 6.61 Å². The van der Waals surface area contributed by atoms with E-state index in [9.17, 15) is 19.8 Å². The second-order valence-corrected chi connectivity index (χ2v) is 15.8. The summed E-state index contributed by atoms with van der Waals surface area (Å²) in [7, 11) is 0. The van der Waals surface area contributed by atoms with Gasteiger partial charge < -0.3 is 20.3 Å². The van der Waals surface area contributed by atoms with Gasteiger partial charge in [-0.05, 0) is 51.4 Å². The van der Waals surface area contributed by atoms with Crippen LogP contribution in [0.1, 0.15) is 245 Å². The Morgan fingerprint density at radius 1 is 0.538 bits per heavy atom. The van der Waals surface area contributed by atoms with Crippen molar-refractivity contribution >= 4 is 11.9 Å². The van der Waals surface area contributed by atoms with Gasteiger partial charge in [0.25, 0.3) is 0 Å². The molecule has 0 aromatic heterocycles. The third kappa shape index (κ3) is 35.6. The fourth-order valence-corrected chi connectivity index (χ4v) is 7.07. The number of rotatable bonds is 41. The zero-order valence-corrected chi connectivity index (χ0v) is 35.0. The first-order valence-electron chi connectivity index (χ1n) is 22.9. The lowest BCUT2D eigenvalue weighted by Crippen LogP contribution is -2.46. The number of aliphatic hydroxyl groups excluding tert-OH is 2. The zero-order chi connectivity index (χ0) is 38.2. The molecule has 0 aliphatic rings. The van der Waals surface area contributed by atoms with Crippen LogP contribution in [0.4, 0.5) is 0 Å². The molecule has 1 amide bonds. The lowest BCUT2D eigenvalue weighted by atomic mass is 10.0. The van der Waals surface area contributed by atoms with Gasteiger partial charge in [-0.2, -0.15) is 0 Å². The molecule has 52 heavy (non-hydrogen) atoms. The average molecular weight is 736 g/mol. The molecule has 0 aliphatic carbocycles. The monoisotopic (exact) mass is 736 g/mol. The minimum absolute atomic E-state index is 0.0725. The first-order valence-corrected chi connectivity index (χ1v) is 22.9. The second-order valence-electron chi connectivity index (χ2n) is 15.8. The summed E-state index contributed by atoms with van der Waals surface area (Å²) in [6.45, 7) is 6.43. The van der Waals surface area contributed by atoms with Gasteiger partial charge in [0.2, 0.25) is 5.91 Å². The van der Waals surface area contributed by atoms with E-state index < -0.39 is 18.2 Å². The fraction of sp³-hybridized carbons (Fsp3) is 0.913. The number of amides is 1. The molecule has 0 bridgehead atoms. The van der Waals surface area contributed by atoms with E-state index in [2.05, 4.69) is 38.2 Å². The maximum absolute atomic E-state index is 13.1. The van der Waals surface area contributed by atoms with Gasteiger partial charge >= 0.3 is 5.97 Å².